The van der Waals surface area contributed by atoms with E-state index >= 15 is 0 Å². The second-order valence-electron chi connectivity index (χ2n) is 7.93. The smallest absolute Gasteiger partial charge is 0.306 e. The molecule has 0 aromatic carbocycles. The number of esters is 1. The van der Waals surface area contributed by atoms with Crippen LogP contribution >= 0.6 is 0 Å². The lowest BCUT2D eigenvalue weighted by atomic mass is 9.74. The summed E-state index contributed by atoms with van der Waals surface area (Å²) in [5.41, 5.74) is 1.29. The summed E-state index contributed by atoms with van der Waals surface area (Å²) in [6.07, 6.45) is 10.7. The SMILES string of the molecule is C=C/C=C(\C)C1OC(=O)CC(C)CCC(C)(C)C(C)/C=C/C1C. The Balaban J connectivity index is 3.11. The van der Waals surface area contributed by atoms with Gasteiger partial charge in [0.2, 0.25) is 0 Å². The molecule has 1 aliphatic heterocycles. The van der Waals surface area contributed by atoms with Gasteiger partial charge in [0.15, 0.2) is 0 Å². The van der Waals surface area contributed by atoms with Gasteiger partial charge in [0.1, 0.15) is 6.10 Å². The second-order valence-corrected chi connectivity index (χ2v) is 7.93. The monoisotopic (exact) mass is 318 g/mol. The highest BCUT2D eigenvalue weighted by molar-refractivity contribution is 5.70. The maximum absolute atomic E-state index is 12.3. The average Bonchev–Trinajstić information content (AvgIpc) is 2.47. The van der Waals surface area contributed by atoms with Crippen LogP contribution in [0.5, 0.6) is 0 Å². The molecule has 0 radical (unpaired) electrons. The normalized spacial score (nSPS) is 34.7. The standard InChI is InChI=1S/C21H34O2/c1-8-9-16(3)20-17(4)10-11-18(5)21(6,7)13-12-15(2)14-19(22)23-20/h8-11,15,17-18,20H,1,12-14H2,2-7H3/b11-10+,16-9+. The Labute approximate surface area is 142 Å². The molecule has 1 rings (SSSR count). The number of cyclic esters (lactones) is 1. The van der Waals surface area contributed by atoms with Gasteiger partial charge in [-0.1, -0.05) is 65.5 Å². The van der Waals surface area contributed by atoms with Crippen LogP contribution < -0.4 is 0 Å². The van der Waals surface area contributed by atoms with E-state index < -0.39 is 0 Å². The number of carbonyl (C=O) groups excluding carboxylic acids is 1. The fraction of sp³-hybridized carbons (Fsp3) is 0.667. The molecule has 1 heterocycles. The molecule has 4 unspecified atom stereocenters. The number of ether oxygens (including phenoxy) is 1. The summed E-state index contributed by atoms with van der Waals surface area (Å²) in [5, 5.41) is 0. The maximum atomic E-state index is 12.3. The Morgan fingerprint density at radius 3 is 2.57 bits per heavy atom. The highest BCUT2D eigenvalue weighted by atomic mass is 16.5. The third-order valence-electron chi connectivity index (χ3n) is 5.30. The van der Waals surface area contributed by atoms with Gasteiger partial charge in [-0.3, -0.25) is 4.79 Å². The molecule has 23 heavy (non-hydrogen) atoms. The van der Waals surface area contributed by atoms with E-state index in [2.05, 4.69) is 53.3 Å². The average molecular weight is 319 g/mol. The molecule has 0 spiro atoms. The van der Waals surface area contributed by atoms with Gasteiger partial charge in [-0.25, -0.2) is 0 Å². The van der Waals surface area contributed by atoms with E-state index in [0.717, 1.165) is 18.4 Å². The molecule has 1 aliphatic rings. The number of carbonyl (C=O) groups is 1. The predicted octanol–water partition coefficient (Wildman–Crippen LogP) is 5.71. The number of allylic oxidation sites excluding steroid dienone is 3. The lowest BCUT2D eigenvalue weighted by molar-refractivity contribution is -0.149. The Bertz CT molecular complexity index is 470. The topological polar surface area (TPSA) is 26.3 Å². The third-order valence-corrected chi connectivity index (χ3v) is 5.30. The van der Waals surface area contributed by atoms with Crippen LogP contribution in [0.4, 0.5) is 0 Å². The van der Waals surface area contributed by atoms with E-state index in [9.17, 15) is 4.79 Å². The first kappa shape index (κ1) is 19.7. The van der Waals surface area contributed by atoms with Crippen LogP contribution in [0.2, 0.25) is 0 Å². The molecule has 4 atom stereocenters. The van der Waals surface area contributed by atoms with E-state index in [1.165, 1.54) is 0 Å². The minimum Gasteiger partial charge on any atom is -0.457 e. The highest BCUT2D eigenvalue weighted by Gasteiger charge is 2.28. The first-order chi connectivity index (χ1) is 10.7. The number of hydrogen-bond donors (Lipinski definition) is 0. The van der Waals surface area contributed by atoms with Crippen LogP contribution in [0, 0.1) is 23.2 Å². The lowest BCUT2D eigenvalue weighted by Gasteiger charge is -2.32. The summed E-state index contributed by atoms with van der Waals surface area (Å²) in [6.45, 7) is 17.0. The minimum atomic E-state index is -0.210. The fourth-order valence-corrected chi connectivity index (χ4v) is 3.02. The summed E-state index contributed by atoms with van der Waals surface area (Å²) in [4.78, 5) is 12.3. The fourth-order valence-electron chi connectivity index (χ4n) is 3.02. The van der Waals surface area contributed by atoms with Gasteiger partial charge in [-0.2, -0.15) is 0 Å². The van der Waals surface area contributed by atoms with E-state index in [4.69, 9.17) is 4.74 Å². The summed E-state index contributed by atoms with van der Waals surface area (Å²) in [7, 11) is 0. The zero-order valence-corrected chi connectivity index (χ0v) is 15.8. The molecule has 0 N–H and O–H groups in total. The van der Waals surface area contributed by atoms with Gasteiger partial charge >= 0.3 is 5.97 Å². The highest BCUT2D eigenvalue weighted by Crippen LogP contribution is 2.35. The van der Waals surface area contributed by atoms with Crippen molar-refractivity contribution >= 4 is 5.97 Å². The van der Waals surface area contributed by atoms with Crippen molar-refractivity contribution in [3.05, 3.63) is 36.5 Å². The van der Waals surface area contributed by atoms with Crippen LogP contribution in [0.15, 0.2) is 36.5 Å². The first-order valence-corrected chi connectivity index (χ1v) is 8.84. The lowest BCUT2D eigenvalue weighted by Crippen LogP contribution is -2.28. The van der Waals surface area contributed by atoms with Crippen LogP contribution in [0.1, 0.15) is 60.8 Å². The van der Waals surface area contributed by atoms with Crippen LogP contribution in [-0.4, -0.2) is 12.1 Å². The number of rotatable bonds is 2. The maximum Gasteiger partial charge on any atom is 0.306 e. The predicted molar refractivity (Wildman–Crippen MR) is 98.1 cm³/mol. The second kappa shape index (κ2) is 8.52. The molecule has 0 saturated heterocycles. The molecular formula is C21H34O2. The van der Waals surface area contributed by atoms with Crippen molar-refractivity contribution < 1.29 is 9.53 Å². The molecule has 2 heteroatoms. The number of hydrogen-bond acceptors (Lipinski definition) is 2. The molecule has 0 aromatic rings. The van der Waals surface area contributed by atoms with Crippen molar-refractivity contribution in [3.63, 3.8) is 0 Å². The Morgan fingerprint density at radius 2 is 1.96 bits per heavy atom. The van der Waals surface area contributed by atoms with Gasteiger partial charge in [0, 0.05) is 12.3 Å². The molecule has 0 bridgehead atoms. The minimum absolute atomic E-state index is 0.0917. The van der Waals surface area contributed by atoms with Crippen molar-refractivity contribution in [3.8, 4) is 0 Å². The zero-order chi connectivity index (χ0) is 17.6. The summed E-state index contributed by atoms with van der Waals surface area (Å²) in [5.74, 6) is 0.919. The van der Waals surface area contributed by atoms with E-state index in [0.29, 0.717) is 18.3 Å². The van der Waals surface area contributed by atoms with Gasteiger partial charge < -0.3 is 4.74 Å². The molecular weight excluding hydrogens is 284 g/mol. The molecule has 2 nitrogen and oxygen atoms in total. The van der Waals surface area contributed by atoms with Crippen LogP contribution in [-0.2, 0) is 9.53 Å². The molecule has 0 amide bonds. The molecule has 0 aliphatic carbocycles. The quantitative estimate of drug-likeness (QED) is 0.370. The van der Waals surface area contributed by atoms with E-state index in [1.807, 2.05) is 13.0 Å². The van der Waals surface area contributed by atoms with Crippen molar-refractivity contribution in [2.75, 3.05) is 0 Å². The molecule has 0 saturated carbocycles. The summed E-state index contributed by atoms with van der Waals surface area (Å²) >= 11 is 0. The summed E-state index contributed by atoms with van der Waals surface area (Å²) in [6, 6.07) is 0. The Morgan fingerprint density at radius 1 is 1.30 bits per heavy atom. The van der Waals surface area contributed by atoms with Gasteiger partial charge in [0.25, 0.3) is 0 Å². The summed E-state index contributed by atoms with van der Waals surface area (Å²) < 4.78 is 5.80. The van der Waals surface area contributed by atoms with Crippen molar-refractivity contribution in [2.45, 2.75) is 66.9 Å². The zero-order valence-electron chi connectivity index (χ0n) is 15.8. The van der Waals surface area contributed by atoms with Crippen LogP contribution in [0.3, 0.4) is 0 Å². The third kappa shape index (κ3) is 6.01. The Hall–Kier alpha value is -1.31. The van der Waals surface area contributed by atoms with Gasteiger partial charge in [-0.15, -0.1) is 0 Å². The first-order valence-electron chi connectivity index (χ1n) is 8.84. The van der Waals surface area contributed by atoms with Gasteiger partial charge in [-0.05, 0) is 42.6 Å². The van der Waals surface area contributed by atoms with E-state index in [-0.39, 0.29) is 23.4 Å². The van der Waals surface area contributed by atoms with Crippen molar-refractivity contribution in [2.24, 2.45) is 23.2 Å². The van der Waals surface area contributed by atoms with Crippen molar-refractivity contribution in [1.29, 1.82) is 0 Å². The molecule has 0 aromatic heterocycles. The van der Waals surface area contributed by atoms with Crippen LogP contribution in [0.25, 0.3) is 0 Å². The Kier molecular flexibility index (Phi) is 7.31. The molecule has 0 fully saturated rings. The molecule has 130 valence electrons. The van der Waals surface area contributed by atoms with Gasteiger partial charge in [0.05, 0.1) is 0 Å². The van der Waals surface area contributed by atoms with Crippen molar-refractivity contribution in [1.82, 2.24) is 0 Å². The van der Waals surface area contributed by atoms with E-state index in [1.54, 1.807) is 6.08 Å². The largest absolute Gasteiger partial charge is 0.457 e.